The lowest BCUT2D eigenvalue weighted by molar-refractivity contribution is 0.569. The second-order valence-corrected chi connectivity index (χ2v) is 11.5. The Morgan fingerprint density at radius 2 is 1.90 bits per heavy atom. The molecule has 6 rings (SSSR count). The molecule has 1 fully saturated rings. The Morgan fingerprint density at radius 3 is 2.54 bits per heavy atom. The maximum Gasteiger partial charge on any atom is 0.232 e. The van der Waals surface area contributed by atoms with E-state index in [0.717, 1.165) is 47.4 Å². The monoisotopic (exact) mass is 551 g/mol. The minimum atomic E-state index is -3.83. The zero-order chi connectivity index (χ0) is 27.5. The fourth-order valence-electron chi connectivity index (χ4n) is 4.43. The van der Waals surface area contributed by atoms with Gasteiger partial charge in [0, 0.05) is 36.8 Å². The quantitative estimate of drug-likeness (QED) is 0.304. The van der Waals surface area contributed by atoms with E-state index in [1.54, 1.807) is 35.1 Å². The van der Waals surface area contributed by atoms with Crippen molar-refractivity contribution < 1.29 is 17.2 Å². The third-order valence-electron chi connectivity index (χ3n) is 6.45. The van der Waals surface area contributed by atoms with Crippen molar-refractivity contribution in [3.05, 3.63) is 65.6 Å². The van der Waals surface area contributed by atoms with Gasteiger partial charge in [-0.3, -0.25) is 5.10 Å². The molecular formula is C25H23F2N9O2S. The summed E-state index contributed by atoms with van der Waals surface area (Å²) in [7, 11) is -2.42. The number of hydrogen-bond acceptors (Lipinski definition) is 9. The van der Waals surface area contributed by atoms with E-state index in [9.17, 15) is 8.42 Å². The summed E-state index contributed by atoms with van der Waals surface area (Å²) in [5, 5.41) is 14.8. The van der Waals surface area contributed by atoms with Gasteiger partial charge in [0.2, 0.25) is 5.95 Å². The van der Waals surface area contributed by atoms with Crippen LogP contribution >= 0.6 is 0 Å². The van der Waals surface area contributed by atoms with Crippen molar-refractivity contribution in [1.29, 1.82) is 0 Å². The minimum absolute atomic E-state index is 0.0278. The first-order chi connectivity index (χ1) is 18.6. The van der Waals surface area contributed by atoms with E-state index in [1.807, 2.05) is 6.92 Å². The van der Waals surface area contributed by atoms with Gasteiger partial charge in [-0.15, -0.1) is 0 Å². The highest BCUT2D eigenvalue weighted by atomic mass is 32.2. The molecule has 39 heavy (non-hydrogen) atoms. The molecule has 1 aliphatic carbocycles. The molecule has 0 unspecified atom stereocenters. The average Bonchev–Trinajstić information content (AvgIpc) is 3.50. The predicted octanol–water partition coefficient (Wildman–Crippen LogP) is 4.29. The van der Waals surface area contributed by atoms with Gasteiger partial charge >= 0.3 is 0 Å². The molecule has 2 N–H and O–H groups in total. The van der Waals surface area contributed by atoms with Crippen LogP contribution in [0.1, 0.15) is 30.0 Å². The van der Waals surface area contributed by atoms with Gasteiger partial charge < -0.3 is 10.2 Å². The average molecular weight is 552 g/mol. The Balaban J connectivity index is 1.56. The van der Waals surface area contributed by atoms with E-state index in [1.165, 1.54) is 7.05 Å². The van der Waals surface area contributed by atoms with Crippen molar-refractivity contribution in [3.8, 4) is 11.4 Å². The number of sulfone groups is 1. The van der Waals surface area contributed by atoms with Crippen LogP contribution in [0, 0.1) is 18.6 Å². The van der Waals surface area contributed by atoms with Crippen molar-refractivity contribution in [2.75, 3.05) is 23.5 Å². The number of nitrogens with one attached hydrogen (secondary N) is 2. The summed E-state index contributed by atoms with van der Waals surface area (Å²) in [6.45, 7) is 1.86. The second kappa shape index (κ2) is 9.08. The Kier molecular flexibility index (Phi) is 5.79. The van der Waals surface area contributed by atoms with Crippen LogP contribution in [0.25, 0.3) is 17.0 Å². The summed E-state index contributed by atoms with van der Waals surface area (Å²) in [6.07, 6.45) is 5.99. The predicted molar refractivity (Wildman–Crippen MR) is 140 cm³/mol. The van der Waals surface area contributed by atoms with Crippen LogP contribution in [0.4, 0.5) is 32.1 Å². The van der Waals surface area contributed by atoms with Crippen molar-refractivity contribution >= 4 is 38.8 Å². The summed E-state index contributed by atoms with van der Waals surface area (Å²) < 4.78 is 55.8. The summed E-state index contributed by atoms with van der Waals surface area (Å²) in [5.41, 5.74) is 2.84. The number of imidazole rings is 1. The summed E-state index contributed by atoms with van der Waals surface area (Å²) in [4.78, 5) is 14.5. The van der Waals surface area contributed by atoms with Gasteiger partial charge in [-0.05, 0) is 49.9 Å². The van der Waals surface area contributed by atoms with E-state index in [2.05, 4.69) is 30.6 Å². The highest BCUT2D eigenvalue weighted by Gasteiger charge is 2.34. The lowest BCUT2D eigenvalue weighted by Gasteiger charge is -2.22. The molecule has 1 aromatic carbocycles. The molecule has 5 aromatic rings. The largest absolute Gasteiger partial charge is 0.323 e. The Labute approximate surface area is 221 Å². The number of hydrogen-bond donors (Lipinski definition) is 2. The highest BCUT2D eigenvalue weighted by Crippen LogP contribution is 2.48. The normalized spacial score (nSPS) is 13.7. The number of nitrogens with zero attached hydrogens (tertiary/aromatic N) is 7. The molecule has 0 amide bonds. The first-order valence-corrected chi connectivity index (χ1v) is 13.9. The topological polar surface area (TPSA) is 134 Å². The first-order valence-electron chi connectivity index (χ1n) is 12.0. The molecule has 0 spiro atoms. The molecule has 0 radical (unpaired) electrons. The van der Waals surface area contributed by atoms with Gasteiger partial charge in [-0.25, -0.2) is 31.7 Å². The van der Waals surface area contributed by atoms with E-state index in [-0.39, 0.29) is 11.9 Å². The van der Waals surface area contributed by atoms with Crippen molar-refractivity contribution in [2.45, 2.75) is 30.6 Å². The molecular weight excluding hydrogens is 528 g/mol. The third kappa shape index (κ3) is 4.56. The fraction of sp³-hybridized carbons (Fsp3) is 0.240. The molecule has 4 heterocycles. The van der Waals surface area contributed by atoms with Gasteiger partial charge in [-0.2, -0.15) is 15.2 Å². The summed E-state index contributed by atoms with van der Waals surface area (Å²) >= 11 is 0. The fourth-order valence-corrected chi connectivity index (χ4v) is 5.06. The van der Waals surface area contributed by atoms with Crippen LogP contribution in [-0.2, 0) is 9.84 Å². The Hall–Kier alpha value is -4.46. The van der Waals surface area contributed by atoms with Crippen LogP contribution in [0.3, 0.4) is 0 Å². The van der Waals surface area contributed by atoms with E-state index in [4.69, 9.17) is 4.98 Å². The zero-order valence-electron chi connectivity index (χ0n) is 21.1. The van der Waals surface area contributed by atoms with Gasteiger partial charge in [-0.1, -0.05) is 0 Å². The molecule has 0 atom stereocenters. The number of aryl methyl sites for hydroxylation is 1. The number of anilines is 4. The number of fused-ring (bicyclic) bond motifs is 1. The number of H-pyrrole nitrogens is 1. The zero-order valence-corrected chi connectivity index (χ0v) is 22.0. The SMILES string of the molecule is Cc1cc(Nc2nc(N(C)c3c(F)cc(S(C)(=O)=O)cc3F)nc(-c3cnc4cccnn34)c2C2CC2)n[nH]1. The Bertz CT molecular complexity index is 1820. The molecule has 0 aliphatic heterocycles. The lowest BCUT2D eigenvalue weighted by Crippen LogP contribution is -2.19. The van der Waals surface area contributed by atoms with Gasteiger partial charge in [0.1, 0.15) is 22.9 Å². The number of halogens is 2. The smallest absolute Gasteiger partial charge is 0.232 e. The van der Waals surface area contributed by atoms with Crippen LogP contribution in [0.5, 0.6) is 0 Å². The van der Waals surface area contributed by atoms with Crippen molar-refractivity contribution in [2.24, 2.45) is 0 Å². The molecule has 14 heteroatoms. The third-order valence-corrected chi connectivity index (χ3v) is 7.54. The lowest BCUT2D eigenvalue weighted by atomic mass is 10.1. The molecule has 4 aromatic heterocycles. The van der Waals surface area contributed by atoms with Gasteiger partial charge in [0.05, 0.1) is 11.1 Å². The van der Waals surface area contributed by atoms with Crippen LogP contribution in [0.15, 0.2) is 47.6 Å². The second-order valence-electron chi connectivity index (χ2n) is 9.47. The van der Waals surface area contributed by atoms with Crippen LogP contribution in [0.2, 0.25) is 0 Å². The van der Waals surface area contributed by atoms with Gasteiger partial charge in [0.25, 0.3) is 0 Å². The highest BCUT2D eigenvalue weighted by molar-refractivity contribution is 7.90. The van der Waals surface area contributed by atoms with E-state index >= 15 is 8.78 Å². The molecule has 11 nitrogen and oxygen atoms in total. The standard InChI is InChI=1S/C25H23F2N9O2S/c1-13-9-19(34-33-13)30-24-21(14-6-7-14)22(18-12-28-20-5-4-8-29-36(18)20)31-25(32-24)35(2)23-16(26)10-15(11-17(23)27)39(3,37)38/h4-5,8-12,14H,6-7H2,1-3H3,(H2,30,31,32,33,34). The minimum Gasteiger partial charge on any atom is -0.323 e. The van der Waals surface area contributed by atoms with Crippen LogP contribution in [-0.4, -0.2) is 56.5 Å². The molecule has 0 saturated heterocycles. The number of benzene rings is 1. The maximum absolute atomic E-state index is 15.2. The summed E-state index contributed by atoms with van der Waals surface area (Å²) in [6, 6.07) is 6.95. The Morgan fingerprint density at radius 1 is 1.15 bits per heavy atom. The van der Waals surface area contributed by atoms with E-state index in [0.29, 0.717) is 28.7 Å². The number of aromatic nitrogens is 7. The maximum atomic E-state index is 15.2. The van der Waals surface area contributed by atoms with E-state index < -0.39 is 32.1 Å². The van der Waals surface area contributed by atoms with Gasteiger partial charge in [0.15, 0.2) is 32.9 Å². The van der Waals surface area contributed by atoms with Crippen molar-refractivity contribution in [3.63, 3.8) is 0 Å². The molecule has 0 bridgehead atoms. The number of rotatable bonds is 7. The number of aromatic amines is 1. The molecule has 200 valence electrons. The summed E-state index contributed by atoms with van der Waals surface area (Å²) in [5.74, 6) is -1.07. The van der Waals surface area contributed by atoms with Crippen molar-refractivity contribution in [1.82, 2.24) is 34.8 Å². The molecule has 1 saturated carbocycles. The first kappa shape index (κ1) is 24.9. The molecule has 1 aliphatic rings. The van der Waals surface area contributed by atoms with Crippen LogP contribution < -0.4 is 10.2 Å².